The summed E-state index contributed by atoms with van der Waals surface area (Å²) in [5.74, 6) is 1.38. The minimum absolute atomic E-state index is 0.234. The van der Waals surface area contributed by atoms with Gasteiger partial charge in [-0.3, -0.25) is 4.79 Å². The number of amides is 1. The van der Waals surface area contributed by atoms with Crippen LogP contribution in [0.15, 0.2) is 91.1 Å². The third kappa shape index (κ3) is 5.84. The molecule has 0 spiro atoms. The molecule has 0 aliphatic rings. The van der Waals surface area contributed by atoms with Gasteiger partial charge in [-0.05, 0) is 43.0 Å². The van der Waals surface area contributed by atoms with Crippen molar-refractivity contribution in [2.75, 3.05) is 0 Å². The number of aromatic nitrogens is 4. The molecule has 5 rings (SSSR count). The van der Waals surface area contributed by atoms with E-state index in [1.807, 2.05) is 42.6 Å². The van der Waals surface area contributed by atoms with Crippen LogP contribution in [-0.4, -0.2) is 31.2 Å². The Labute approximate surface area is 223 Å². The van der Waals surface area contributed by atoms with Crippen molar-refractivity contribution in [1.82, 2.24) is 25.1 Å². The number of hydrogen-bond donors (Lipinski definition) is 3. The van der Waals surface area contributed by atoms with Gasteiger partial charge in [0.15, 0.2) is 5.82 Å². The van der Waals surface area contributed by atoms with Crippen molar-refractivity contribution in [2.24, 2.45) is 5.73 Å². The lowest BCUT2D eigenvalue weighted by atomic mass is 10.0. The predicted molar refractivity (Wildman–Crippen MR) is 151 cm³/mol. The van der Waals surface area contributed by atoms with Crippen molar-refractivity contribution in [3.05, 3.63) is 119 Å². The average Bonchev–Trinajstić information content (AvgIpc) is 3.51. The maximum atomic E-state index is 13.1. The molecule has 0 radical (unpaired) electrons. The summed E-state index contributed by atoms with van der Waals surface area (Å²) in [6.45, 7) is 4.04. The second kappa shape index (κ2) is 11.0. The highest BCUT2D eigenvalue weighted by atomic mass is 16.2. The number of carbonyl (C=O) groups excluding carboxylic acids is 1. The molecule has 4 N–H and O–H groups in total. The standard InChI is InChI=1S/C31H34N6O/c1-31(2,32)30(38)34-27(19-24-20-33-26-16-10-9-15-25(24)26)29-36-35-28(18-17-22-11-5-3-6-12-22)37(29)21-23-13-7-4-8-14-23/h3-16,20,27,33H,17-19,21,32H2,1-2H3,(H,34,38)/t27-/m1/s1. The first-order chi connectivity index (χ1) is 18.4. The van der Waals surface area contributed by atoms with Gasteiger partial charge < -0.3 is 20.6 Å². The fraction of sp³-hybridized carbons (Fsp3) is 0.258. The summed E-state index contributed by atoms with van der Waals surface area (Å²) < 4.78 is 2.15. The van der Waals surface area contributed by atoms with E-state index in [1.165, 1.54) is 5.56 Å². The van der Waals surface area contributed by atoms with Crippen molar-refractivity contribution in [3.63, 3.8) is 0 Å². The lowest BCUT2D eigenvalue weighted by Gasteiger charge is -2.25. The van der Waals surface area contributed by atoms with E-state index in [0.29, 0.717) is 13.0 Å². The Hall–Kier alpha value is -4.23. The molecule has 0 aliphatic heterocycles. The van der Waals surface area contributed by atoms with E-state index >= 15 is 0 Å². The number of nitrogens with zero attached hydrogens (tertiary/aromatic N) is 3. The summed E-state index contributed by atoms with van der Waals surface area (Å²) in [4.78, 5) is 16.5. The number of fused-ring (bicyclic) bond motifs is 1. The highest BCUT2D eigenvalue weighted by molar-refractivity contribution is 5.86. The van der Waals surface area contributed by atoms with E-state index in [-0.39, 0.29) is 5.91 Å². The Balaban J connectivity index is 1.53. The maximum absolute atomic E-state index is 13.1. The largest absolute Gasteiger partial charge is 0.361 e. The van der Waals surface area contributed by atoms with Gasteiger partial charge in [0, 0.05) is 29.9 Å². The topological polar surface area (TPSA) is 102 Å². The third-order valence-corrected chi connectivity index (χ3v) is 6.82. The molecule has 2 aromatic heterocycles. The molecule has 0 aliphatic carbocycles. The molecule has 194 valence electrons. The van der Waals surface area contributed by atoms with E-state index in [4.69, 9.17) is 5.73 Å². The first-order valence-electron chi connectivity index (χ1n) is 13.0. The van der Waals surface area contributed by atoms with Crippen molar-refractivity contribution < 1.29 is 4.79 Å². The first-order valence-corrected chi connectivity index (χ1v) is 13.0. The summed E-state index contributed by atoms with van der Waals surface area (Å²) in [5, 5.41) is 13.6. The molecule has 1 amide bonds. The van der Waals surface area contributed by atoms with Crippen LogP contribution in [0.5, 0.6) is 0 Å². The highest BCUT2D eigenvalue weighted by Crippen LogP contribution is 2.26. The van der Waals surface area contributed by atoms with Crippen LogP contribution in [0.1, 0.15) is 48.2 Å². The van der Waals surface area contributed by atoms with E-state index in [1.54, 1.807) is 13.8 Å². The normalized spacial score (nSPS) is 12.5. The molecule has 0 bridgehead atoms. The zero-order valence-electron chi connectivity index (χ0n) is 21.9. The quantitative estimate of drug-likeness (QED) is 0.255. The molecule has 0 fully saturated rings. The number of H-pyrrole nitrogens is 1. The highest BCUT2D eigenvalue weighted by Gasteiger charge is 2.29. The zero-order valence-corrected chi connectivity index (χ0v) is 21.9. The second-order valence-corrected chi connectivity index (χ2v) is 10.3. The lowest BCUT2D eigenvalue weighted by Crippen LogP contribution is -2.50. The molecule has 0 unspecified atom stereocenters. The molecule has 0 saturated heterocycles. The first kappa shape index (κ1) is 25.4. The summed E-state index contributed by atoms with van der Waals surface area (Å²) >= 11 is 0. The van der Waals surface area contributed by atoms with Crippen LogP contribution in [0.2, 0.25) is 0 Å². The minimum Gasteiger partial charge on any atom is -0.361 e. The Bertz CT molecular complexity index is 1500. The Kier molecular flexibility index (Phi) is 7.38. The predicted octanol–water partition coefficient (Wildman–Crippen LogP) is 4.73. The second-order valence-electron chi connectivity index (χ2n) is 10.3. The zero-order chi connectivity index (χ0) is 26.5. The van der Waals surface area contributed by atoms with Gasteiger partial charge in [-0.15, -0.1) is 10.2 Å². The molecular formula is C31H34N6O. The van der Waals surface area contributed by atoms with Gasteiger partial charge in [0.1, 0.15) is 5.82 Å². The van der Waals surface area contributed by atoms with Gasteiger partial charge in [-0.25, -0.2) is 0 Å². The van der Waals surface area contributed by atoms with Crippen LogP contribution in [0, 0.1) is 0 Å². The summed E-state index contributed by atoms with van der Waals surface area (Å²) in [5.41, 5.74) is 9.70. The van der Waals surface area contributed by atoms with Crippen LogP contribution in [0.3, 0.4) is 0 Å². The monoisotopic (exact) mass is 506 g/mol. The summed E-state index contributed by atoms with van der Waals surface area (Å²) in [6.07, 6.45) is 4.14. The Morgan fingerprint density at radius 2 is 1.58 bits per heavy atom. The van der Waals surface area contributed by atoms with Crippen LogP contribution in [-0.2, 0) is 30.6 Å². The number of aromatic amines is 1. The smallest absolute Gasteiger partial charge is 0.240 e. The molecule has 38 heavy (non-hydrogen) atoms. The van der Waals surface area contributed by atoms with Gasteiger partial charge in [0.05, 0.1) is 18.1 Å². The lowest BCUT2D eigenvalue weighted by molar-refractivity contribution is -0.126. The van der Waals surface area contributed by atoms with Crippen molar-refractivity contribution in [1.29, 1.82) is 0 Å². The van der Waals surface area contributed by atoms with E-state index in [0.717, 1.165) is 46.5 Å². The maximum Gasteiger partial charge on any atom is 0.240 e. The SMILES string of the molecule is CC(C)(N)C(=O)N[C@H](Cc1c[nH]c2ccccc12)c1nnc(CCc2ccccc2)n1Cc1ccccc1. The fourth-order valence-corrected chi connectivity index (χ4v) is 4.70. The molecule has 3 aromatic carbocycles. The van der Waals surface area contributed by atoms with Gasteiger partial charge >= 0.3 is 0 Å². The molecule has 5 aromatic rings. The van der Waals surface area contributed by atoms with Crippen LogP contribution < -0.4 is 11.1 Å². The molecule has 7 nitrogen and oxygen atoms in total. The van der Waals surface area contributed by atoms with E-state index < -0.39 is 11.6 Å². The minimum atomic E-state index is -1.03. The third-order valence-electron chi connectivity index (χ3n) is 6.82. The van der Waals surface area contributed by atoms with Crippen molar-refractivity contribution >= 4 is 16.8 Å². The summed E-state index contributed by atoms with van der Waals surface area (Å²) in [7, 11) is 0. The van der Waals surface area contributed by atoms with Gasteiger partial charge in [0.25, 0.3) is 0 Å². The molecule has 7 heteroatoms. The number of aryl methyl sites for hydroxylation is 2. The van der Waals surface area contributed by atoms with Crippen molar-refractivity contribution in [2.45, 2.75) is 51.2 Å². The number of benzene rings is 3. The van der Waals surface area contributed by atoms with Gasteiger partial charge in [0.2, 0.25) is 5.91 Å². The molecule has 1 atom stereocenters. The molecule has 0 saturated carbocycles. The van der Waals surface area contributed by atoms with E-state index in [2.05, 4.69) is 73.6 Å². The fourth-order valence-electron chi connectivity index (χ4n) is 4.70. The summed E-state index contributed by atoms with van der Waals surface area (Å²) in [6, 6.07) is 28.4. The molecular weight excluding hydrogens is 472 g/mol. The number of nitrogens with two attached hydrogens (primary N) is 1. The van der Waals surface area contributed by atoms with Gasteiger partial charge in [-0.2, -0.15) is 0 Å². The van der Waals surface area contributed by atoms with Crippen molar-refractivity contribution in [3.8, 4) is 0 Å². The van der Waals surface area contributed by atoms with Crippen LogP contribution >= 0.6 is 0 Å². The number of para-hydroxylation sites is 1. The number of nitrogens with one attached hydrogen (secondary N) is 2. The van der Waals surface area contributed by atoms with Crippen LogP contribution in [0.25, 0.3) is 10.9 Å². The Morgan fingerprint density at radius 1 is 0.921 bits per heavy atom. The number of rotatable bonds is 10. The number of carbonyl (C=O) groups is 1. The average molecular weight is 507 g/mol. The Morgan fingerprint density at radius 3 is 2.29 bits per heavy atom. The van der Waals surface area contributed by atoms with E-state index in [9.17, 15) is 4.79 Å². The number of hydrogen-bond acceptors (Lipinski definition) is 4. The van der Waals surface area contributed by atoms with Crippen LogP contribution in [0.4, 0.5) is 0 Å². The molecule has 2 heterocycles. The van der Waals surface area contributed by atoms with Gasteiger partial charge in [-0.1, -0.05) is 78.9 Å².